The van der Waals surface area contributed by atoms with E-state index >= 15 is 0 Å². The Bertz CT molecular complexity index is 1480. The average Bonchev–Trinajstić information content (AvgIpc) is 3.17. The molecule has 2 aromatic heterocycles. The topological polar surface area (TPSA) is 92.3 Å². The lowest BCUT2D eigenvalue weighted by Crippen LogP contribution is -2.33. The molecule has 0 spiro atoms. The van der Waals surface area contributed by atoms with E-state index in [4.69, 9.17) is 4.98 Å². The molecule has 4 aromatic rings. The van der Waals surface area contributed by atoms with E-state index in [-0.39, 0.29) is 10.8 Å². The highest BCUT2D eigenvalue weighted by atomic mass is 32.2. The normalized spacial score (nSPS) is 14.6. The average molecular weight is 467 g/mol. The smallest absolute Gasteiger partial charge is 0.258 e. The van der Waals surface area contributed by atoms with Gasteiger partial charge in [-0.2, -0.15) is 0 Å². The summed E-state index contributed by atoms with van der Waals surface area (Å²) in [5.74, 6) is -0.222. The SMILES string of the molecule is CCN1CCc2nc3ccccc3c(C(=O)Nc3nc4ccc(S(C)(=O)=O)cc4s3)c2C1. The number of thiazole rings is 1. The van der Waals surface area contributed by atoms with Gasteiger partial charge in [0.15, 0.2) is 15.0 Å². The van der Waals surface area contributed by atoms with Crippen LogP contribution in [-0.4, -0.2) is 48.5 Å². The first kappa shape index (κ1) is 21.0. The Hall–Kier alpha value is -2.88. The number of anilines is 1. The zero-order chi connectivity index (χ0) is 22.5. The van der Waals surface area contributed by atoms with Gasteiger partial charge in [0.05, 0.1) is 26.2 Å². The molecule has 32 heavy (non-hydrogen) atoms. The molecule has 7 nitrogen and oxygen atoms in total. The van der Waals surface area contributed by atoms with Crippen LogP contribution in [0.15, 0.2) is 47.4 Å². The monoisotopic (exact) mass is 466 g/mol. The summed E-state index contributed by atoms with van der Waals surface area (Å²) in [4.78, 5) is 25.4. The van der Waals surface area contributed by atoms with Crippen LogP contribution in [0.5, 0.6) is 0 Å². The maximum Gasteiger partial charge on any atom is 0.258 e. The van der Waals surface area contributed by atoms with Gasteiger partial charge < -0.3 is 0 Å². The summed E-state index contributed by atoms with van der Waals surface area (Å²) in [6.07, 6.45) is 1.98. The van der Waals surface area contributed by atoms with Crippen molar-refractivity contribution in [3.8, 4) is 0 Å². The molecule has 164 valence electrons. The van der Waals surface area contributed by atoms with Gasteiger partial charge >= 0.3 is 0 Å². The number of likely N-dealkylation sites (N-methyl/N-ethyl adjacent to an activating group) is 1. The summed E-state index contributed by atoms with van der Waals surface area (Å²) in [5.41, 5.74) is 4.04. The standard InChI is InChI=1S/C23H22N4O3S2/c1-3-27-11-10-18-16(13-27)21(15-6-4-5-7-17(15)24-18)22(28)26-23-25-19-9-8-14(32(2,29)30)12-20(19)31-23/h4-9,12H,3,10-11,13H2,1-2H3,(H,25,26,28). The van der Waals surface area contributed by atoms with Gasteiger partial charge in [-0.05, 0) is 30.8 Å². The largest absolute Gasteiger partial charge is 0.299 e. The Morgan fingerprint density at radius 3 is 2.75 bits per heavy atom. The third kappa shape index (κ3) is 3.76. The Morgan fingerprint density at radius 1 is 1.16 bits per heavy atom. The molecule has 0 fully saturated rings. The third-order valence-electron chi connectivity index (χ3n) is 5.81. The van der Waals surface area contributed by atoms with E-state index in [1.54, 1.807) is 12.1 Å². The van der Waals surface area contributed by atoms with E-state index in [0.29, 0.717) is 27.5 Å². The number of carbonyl (C=O) groups is 1. The Balaban J connectivity index is 1.56. The summed E-state index contributed by atoms with van der Waals surface area (Å²) in [7, 11) is -3.31. The minimum absolute atomic E-state index is 0.222. The predicted octanol–water partition coefficient (Wildman–Crippen LogP) is 3.88. The highest BCUT2D eigenvalue weighted by Crippen LogP contribution is 2.31. The maximum absolute atomic E-state index is 13.5. The van der Waals surface area contributed by atoms with Gasteiger partial charge in [0.1, 0.15) is 0 Å². The molecule has 1 aliphatic rings. The first-order valence-corrected chi connectivity index (χ1v) is 13.1. The molecule has 0 unspecified atom stereocenters. The molecule has 9 heteroatoms. The second-order valence-electron chi connectivity index (χ2n) is 7.92. The molecule has 0 saturated heterocycles. The van der Waals surface area contributed by atoms with Crippen molar-refractivity contribution >= 4 is 53.3 Å². The number of pyridine rings is 1. The third-order valence-corrected chi connectivity index (χ3v) is 7.85. The van der Waals surface area contributed by atoms with Crippen LogP contribution in [0.25, 0.3) is 21.1 Å². The van der Waals surface area contributed by atoms with Crippen molar-refractivity contribution in [1.29, 1.82) is 0 Å². The number of fused-ring (bicyclic) bond motifs is 3. The summed E-state index contributed by atoms with van der Waals surface area (Å²) in [6, 6.07) is 12.5. The van der Waals surface area contributed by atoms with Gasteiger partial charge in [-0.1, -0.05) is 36.5 Å². The molecule has 0 aliphatic carbocycles. The number of amides is 1. The van der Waals surface area contributed by atoms with Gasteiger partial charge in [0, 0.05) is 42.4 Å². The molecular weight excluding hydrogens is 444 g/mol. The first-order chi connectivity index (χ1) is 15.3. The summed E-state index contributed by atoms with van der Waals surface area (Å²) < 4.78 is 24.4. The van der Waals surface area contributed by atoms with Gasteiger partial charge in [-0.15, -0.1) is 0 Å². The van der Waals surface area contributed by atoms with E-state index in [2.05, 4.69) is 22.1 Å². The van der Waals surface area contributed by atoms with Crippen LogP contribution < -0.4 is 5.32 Å². The van der Waals surface area contributed by atoms with Crippen molar-refractivity contribution in [2.75, 3.05) is 24.7 Å². The lowest BCUT2D eigenvalue weighted by Gasteiger charge is -2.29. The molecule has 3 heterocycles. The molecule has 1 amide bonds. The van der Waals surface area contributed by atoms with E-state index in [9.17, 15) is 13.2 Å². The van der Waals surface area contributed by atoms with E-state index in [1.165, 1.54) is 23.7 Å². The lowest BCUT2D eigenvalue weighted by atomic mass is 9.95. The van der Waals surface area contributed by atoms with Gasteiger partial charge in [0.25, 0.3) is 5.91 Å². The second kappa shape index (κ2) is 7.91. The molecule has 2 aromatic carbocycles. The van der Waals surface area contributed by atoms with Gasteiger partial charge in [-0.25, -0.2) is 13.4 Å². The van der Waals surface area contributed by atoms with Crippen molar-refractivity contribution in [2.24, 2.45) is 0 Å². The molecule has 0 atom stereocenters. The molecule has 0 radical (unpaired) electrons. The number of aromatic nitrogens is 2. The molecular formula is C23H22N4O3S2. The van der Waals surface area contributed by atoms with Crippen molar-refractivity contribution in [3.05, 3.63) is 59.3 Å². The van der Waals surface area contributed by atoms with Crippen molar-refractivity contribution in [3.63, 3.8) is 0 Å². The molecule has 1 N–H and O–H groups in total. The quantitative estimate of drug-likeness (QED) is 0.491. The zero-order valence-corrected chi connectivity index (χ0v) is 19.4. The van der Waals surface area contributed by atoms with Crippen molar-refractivity contribution in [1.82, 2.24) is 14.9 Å². The number of benzene rings is 2. The van der Waals surface area contributed by atoms with Gasteiger partial charge in [-0.3, -0.25) is 20.0 Å². The van der Waals surface area contributed by atoms with E-state index in [0.717, 1.165) is 41.7 Å². The maximum atomic E-state index is 13.5. The molecule has 0 bridgehead atoms. The van der Waals surface area contributed by atoms with Crippen LogP contribution >= 0.6 is 11.3 Å². The highest BCUT2D eigenvalue weighted by molar-refractivity contribution is 7.90. The number of sulfone groups is 1. The number of carbonyl (C=O) groups excluding carboxylic acids is 1. The van der Waals surface area contributed by atoms with Crippen LogP contribution in [0, 0.1) is 0 Å². The lowest BCUT2D eigenvalue weighted by molar-refractivity contribution is 0.102. The minimum atomic E-state index is -3.31. The van der Waals surface area contributed by atoms with Crippen LogP contribution in [0.1, 0.15) is 28.5 Å². The fraction of sp³-hybridized carbons (Fsp3) is 0.261. The number of hydrogen-bond donors (Lipinski definition) is 1. The summed E-state index contributed by atoms with van der Waals surface area (Å²) in [6.45, 7) is 4.64. The predicted molar refractivity (Wildman–Crippen MR) is 127 cm³/mol. The summed E-state index contributed by atoms with van der Waals surface area (Å²) >= 11 is 1.26. The number of para-hydroxylation sites is 1. The molecule has 0 saturated carbocycles. The van der Waals surface area contributed by atoms with Gasteiger partial charge in [0.2, 0.25) is 0 Å². The van der Waals surface area contributed by atoms with Crippen molar-refractivity contribution in [2.45, 2.75) is 24.8 Å². The Morgan fingerprint density at radius 2 is 1.97 bits per heavy atom. The Labute approximate surface area is 190 Å². The van der Waals surface area contributed by atoms with Crippen LogP contribution in [0.3, 0.4) is 0 Å². The minimum Gasteiger partial charge on any atom is -0.299 e. The number of rotatable bonds is 4. The fourth-order valence-corrected chi connectivity index (χ4v) is 5.75. The van der Waals surface area contributed by atoms with Crippen LogP contribution in [0.4, 0.5) is 5.13 Å². The van der Waals surface area contributed by atoms with Crippen LogP contribution in [0.2, 0.25) is 0 Å². The van der Waals surface area contributed by atoms with E-state index in [1.807, 2.05) is 24.3 Å². The molecule has 1 aliphatic heterocycles. The Kier molecular flexibility index (Phi) is 5.19. The van der Waals surface area contributed by atoms with Crippen molar-refractivity contribution < 1.29 is 13.2 Å². The number of nitrogens with one attached hydrogen (secondary N) is 1. The number of nitrogens with zero attached hydrogens (tertiary/aromatic N) is 3. The zero-order valence-electron chi connectivity index (χ0n) is 17.8. The van der Waals surface area contributed by atoms with Crippen LogP contribution in [-0.2, 0) is 22.8 Å². The highest BCUT2D eigenvalue weighted by Gasteiger charge is 2.26. The summed E-state index contributed by atoms with van der Waals surface area (Å²) in [5, 5.41) is 4.21. The number of hydrogen-bond acceptors (Lipinski definition) is 7. The second-order valence-corrected chi connectivity index (χ2v) is 11.0. The molecule has 5 rings (SSSR count). The fourth-order valence-electron chi connectivity index (χ4n) is 4.12. The van der Waals surface area contributed by atoms with E-state index < -0.39 is 9.84 Å². The first-order valence-electron chi connectivity index (χ1n) is 10.4.